The second-order valence-electron chi connectivity index (χ2n) is 6.65. The zero-order valence-electron chi connectivity index (χ0n) is 15.9. The molecule has 0 fully saturated rings. The van der Waals surface area contributed by atoms with Crippen molar-refractivity contribution in [1.29, 1.82) is 0 Å². The summed E-state index contributed by atoms with van der Waals surface area (Å²) in [7, 11) is 1.60. The number of carbonyl (C=O) groups is 1. The molecule has 1 aromatic heterocycles. The van der Waals surface area contributed by atoms with E-state index >= 15 is 0 Å². The lowest BCUT2D eigenvalue weighted by Crippen LogP contribution is -2.37. The maximum atomic E-state index is 12.6. The highest BCUT2D eigenvalue weighted by atomic mass is 19.4. The molecule has 2 aromatic carbocycles. The van der Waals surface area contributed by atoms with Crippen molar-refractivity contribution >= 4 is 6.03 Å². The molecule has 29 heavy (non-hydrogen) atoms. The normalized spacial score (nSPS) is 11.3. The summed E-state index contributed by atoms with van der Waals surface area (Å²) >= 11 is 0. The van der Waals surface area contributed by atoms with E-state index in [4.69, 9.17) is 0 Å². The van der Waals surface area contributed by atoms with Gasteiger partial charge in [-0.15, -0.1) is 0 Å². The molecule has 3 rings (SSSR count). The first-order valence-corrected chi connectivity index (χ1v) is 9.07. The van der Waals surface area contributed by atoms with Gasteiger partial charge >= 0.3 is 12.2 Å². The zero-order chi connectivity index (χ0) is 20.9. The summed E-state index contributed by atoms with van der Waals surface area (Å²) in [5.41, 5.74) is 1.96. The van der Waals surface area contributed by atoms with Gasteiger partial charge in [0.05, 0.1) is 11.3 Å². The molecule has 0 bridgehead atoms. The molecule has 0 aliphatic heterocycles. The molecule has 152 valence electrons. The summed E-state index contributed by atoms with van der Waals surface area (Å²) in [6, 6.07) is 14.3. The number of carbonyl (C=O) groups excluding carboxylic acids is 1. The van der Waals surface area contributed by atoms with Gasteiger partial charge in [0.25, 0.3) is 0 Å². The number of aromatic nitrogens is 2. The Bertz CT molecular complexity index is 920. The van der Waals surface area contributed by atoms with Crippen LogP contribution in [0.4, 0.5) is 18.0 Å². The Kier molecular flexibility index (Phi) is 6.21. The SMILES string of the molecule is CN(Cc1ccc(C(F)(F)F)cc1)C(=O)NCCc1ccc(-n2cccn2)cc1. The number of rotatable bonds is 6. The van der Waals surface area contributed by atoms with E-state index in [-0.39, 0.29) is 12.6 Å². The van der Waals surface area contributed by atoms with Crippen LogP contribution in [0.25, 0.3) is 5.69 Å². The topological polar surface area (TPSA) is 50.2 Å². The third kappa shape index (κ3) is 5.60. The molecule has 8 heteroatoms. The van der Waals surface area contributed by atoms with Crippen LogP contribution < -0.4 is 5.32 Å². The van der Waals surface area contributed by atoms with Gasteiger partial charge in [-0.3, -0.25) is 0 Å². The van der Waals surface area contributed by atoms with Gasteiger partial charge in [0.1, 0.15) is 0 Å². The van der Waals surface area contributed by atoms with E-state index in [0.717, 1.165) is 23.4 Å². The Labute approximate surface area is 166 Å². The number of nitrogens with one attached hydrogen (secondary N) is 1. The number of hydrogen-bond acceptors (Lipinski definition) is 2. The van der Waals surface area contributed by atoms with Crippen LogP contribution in [-0.4, -0.2) is 34.3 Å². The van der Waals surface area contributed by atoms with E-state index in [2.05, 4.69) is 10.4 Å². The van der Waals surface area contributed by atoms with E-state index < -0.39 is 11.7 Å². The lowest BCUT2D eigenvalue weighted by molar-refractivity contribution is -0.137. The van der Waals surface area contributed by atoms with Crippen molar-refractivity contribution in [2.45, 2.75) is 19.1 Å². The number of hydrogen-bond donors (Lipinski definition) is 1. The Morgan fingerprint density at radius 2 is 1.72 bits per heavy atom. The Morgan fingerprint density at radius 3 is 2.31 bits per heavy atom. The van der Waals surface area contributed by atoms with E-state index in [1.807, 2.05) is 36.5 Å². The van der Waals surface area contributed by atoms with Crippen LogP contribution >= 0.6 is 0 Å². The molecule has 0 radical (unpaired) electrons. The fourth-order valence-electron chi connectivity index (χ4n) is 2.83. The maximum Gasteiger partial charge on any atom is 0.416 e. The molecule has 0 spiro atoms. The van der Waals surface area contributed by atoms with Crippen molar-refractivity contribution in [2.24, 2.45) is 0 Å². The first-order chi connectivity index (χ1) is 13.8. The van der Waals surface area contributed by atoms with Crippen molar-refractivity contribution in [2.75, 3.05) is 13.6 Å². The van der Waals surface area contributed by atoms with E-state index in [0.29, 0.717) is 18.5 Å². The van der Waals surface area contributed by atoms with Gasteiger partial charge in [-0.25, -0.2) is 9.48 Å². The Morgan fingerprint density at radius 1 is 1.07 bits per heavy atom. The molecule has 0 atom stereocenters. The minimum absolute atomic E-state index is 0.225. The minimum atomic E-state index is -4.36. The lowest BCUT2D eigenvalue weighted by Gasteiger charge is -2.18. The fourth-order valence-corrected chi connectivity index (χ4v) is 2.83. The second-order valence-corrected chi connectivity index (χ2v) is 6.65. The van der Waals surface area contributed by atoms with E-state index in [1.165, 1.54) is 17.0 Å². The quantitative estimate of drug-likeness (QED) is 0.669. The highest BCUT2D eigenvalue weighted by Crippen LogP contribution is 2.29. The molecule has 0 aliphatic rings. The van der Waals surface area contributed by atoms with E-state index in [1.54, 1.807) is 17.9 Å². The van der Waals surface area contributed by atoms with Crippen LogP contribution in [0, 0.1) is 0 Å². The number of halogens is 3. The largest absolute Gasteiger partial charge is 0.416 e. The van der Waals surface area contributed by atoms with Gasteiger partial charge in [-0.1, -0.05) is 24.3 Å². The summed E-state index contributed by atoms with van der Waals surface area (Å²) < 4.78 is 39.6. The molecule has 1 heterocycles. The van der Waals surface area contributed by atoms with Crippen LogP contribution in [0.5, 0.6) is 0 Å². The molecule has 5 nitrogen and oxygen atoms in total. The monoisotopic (exact) mass is 402 g/mol. The summed E-state index contributed by atoms with van der Waals surface area (Å²) in [6.07, 6.45) is -0.121. The molecule has 0 saturated heterocycles. The van der Waals surface area contributed by atoms with Gasteiger partial charge in [0.2, 0.25) is 0 Å². The third-order valence-electron chi connectivity index (χ3n) is 4.44. The van der Waals surface area contributed by atoms with Crippen molar-refractivity contribution in [3.63, 3.8) is 0 Å². The van der Waals surface area contributed by atoms with Crippen LogP contribution in [-0.2, 0) is 19.1 Å². The highest BCUT2D eigenvalue weighted by Gasteiger charge is 2.29. The minimum Gasteiger partial charge on any atom is -0.338 e. The molecule has 0 aliphatic carbocycles. The average Bonchev–Trinajstić information content (AvgIpc) is 3.23. The first-order valence-electron chi connectivity index (χ1n) is 9.07. The number of alkyl halides is 3. The number of urea groups is 1. The molecule has 3 aromatic rings. The van der Waals surface area contributed by atoms with Gasteiger partial charge in [0, 0.05) is 32.5 Å². The molecular formula is C21H21F3N4O. The van der Waals surface area contributed by atoms with Gasteiger partial charge in [-0.05, 0) is 47.9 Å². The summed E-state index contributed by atoms with van der Waals surface area (Å²) in [6.45, 7) is 0.680. The third-order valence-corrected chi connectivity index (χ3v) is 4.44. The molecule has 0 saturated carbocycles. The maximum absolute atomic E-state index is 12.6. The van der Waals surface area contributed by atoms with Gasteiger partial charge in [-0.2, -0.15) is 18.3 Å². The number of benzene rings is 2. The number of amides is 2. The van der Waals surface area contributed by atoms with Crippen LogP contribution in [0.15, 0.2) is 67.0 Å². The fraction of sp³-hybridized carbons (Fsp3) is 0.238. The van der Waals surface area contributed by atoms with Gasteiger partial charge in [0.15, 0.2) is 0 Å². The average molecular weight is 402 g/mol. The summed E-state index contributed by atoms with van der Waals surface area (Å²) in [5, 5.41) is 6.99. The van der Waals surface area contributed by atoms with Crippen LogP contribution in [0.3, 0.4) is 0 Å². The molecule has 0 unspecified atom stereocenters. The van der Waals surface area contributed by atoms with Crippen LogP contribution in [0.1, 0.15) is 16.7 Å². The predicted molar refractivity (Wildman–Crippen MR) is 104 cm³/mol. The molecular weight excluding hydrogens is 381 g/mol. The highest BCUT2D eigenvalue weighted by molar-refractivity contribution is 5.73. The van der Waals surface area contributed by atoms with Crippen LogP contribution in [0.2, 0.25) is 0 Å². The molecule has 2 amide bonds. The van der Waals surface area contributed by atoms with Crippen molar-refractivity contribution < 1.29 is 18.0 Å². The van der Waals surface area contributed by atoms with E-state index in [9.17, 15) is 18.0 Å². The Balaban J connectivity index is 1.45. The number of nitrogens with zero attached hydrogens (tertiary/aromatic N) is 3. The predicted octanol–water partition coefficient (Wildman–Crippen LogP) is 4.28. The Hall–Kier alpha value is -3.29. The second kappa shape index (κ2) is 8.81. The van der Waals surface area contributed by atoms with Crippen molar-refractivity contribution in [3.8, 4) is 5.69 Å². The zero-order valence-corrected chi connectivity index (χ0v) is 15.9. The standard InChI is InChI=1S/C21H21F3N4O/c1-27(15-17-3-7-18(8-4-17)21(22,23)24)20(29)25-13-11-16-5-9-19(10-6-16)28-14-2-12-26-28/h2-10,12,14H,11,13,15H2,1H3,(H,25,29). The van der Waals surface area contributed by atoms with Crippen molar-refractivity contribution in [1.82, 2.24) is 20.0 Å². The summed E-state index contributed by atoms with van der Waals surface area (Å²) in [5.74, 6) is 0. The van der Waals surface area contributed by atoms with Gasteiger partial charge < -0.3 is 10.2 Å². The first kappa shape index (κ1) is 20.4. The lowest BCUT2D eigenvalue weighted by atomic mass is 10.1. The smallest absolute Gasteiger partial charge is 0.338 e. The summed E-state index contributed by atoms with van der Waals surface area (Å²) in [4.78, 5) is 13.6. The molecule has 1 N–H and O–H groups in total. The van der Waals surface area contributed by atoms with Crippen molar-refractivity contribution in [3.05, 3.63) is 83.7 Å².